The fourth-order valence-corrected chi connectivity index (χ4v) is 12.1. The fraction of sp³-hybridized carbons (Fsp3) is 0.658. The Kier molecular flexibility index (Phi) is 5.43. The van der Waals surface area contributed by atoms with Crippen molar-refractivity contribution in [3.63, 3.8) is 0 Å². The predicted molar refractivity (Wildman–Crippen MR) is 168 cm³/mol. The highest BCUT2D eigenvalue weighted by atomic mass is 15.3. The minimum Gasteiger partial charge on any atom is -0.272 e. The van der Waals surface area contributed by atoms with Gasteiger partial charge in [0.25, 0.3) is 0 Å². The Labute approximate surface area is 252 Å². The SMILES string of the molecule is Cn1nc(-c2cccc(-c3nc(C45CC6CC(CC(C6)C4)C5)cc(C45CC6CC(CC(C6)C4)C5)n3)c2)cc1C(C)(C)C. The summed E-state index contributed by atoms with van der Waals surface area (Å²) in [5, 5.41) is 4.95. The topological polar surface area (TPSA) is 43.6 Å². The lowest BCUT2D eigenvalue weighted by molar-refractivity contribution is -0.0110. The summed E-state index contributed by atoms with van der Waals surface area (Å²) in [6.07, 6.45) is 17.0. The lowest BCUT2D eigenvalue weighted by atomic mass is 9.47. The van der Waals surface area contributed by atoms with Crippen LogP contribution in [0.4, 0.5) is 0 Å². The van der Waals surface area contributed by atoms with Gasteiger partial charge in [0.2, 0.25) is 0 Å². The summed E-state index contributed by atoms with van der Waals surface area (Å²) >= 11 is 0. The Morgan fingerprint density at radius 2 is 1.10 bits per heavy atom. The van der Waals surface area contributed by atoms with Gasteiger partial charge in [-0.3, -0.25) is 4.68 Å². The standard InChI is InChI=1S/C38H48N4/c1-36(2,3)34-15-31(41-42(34)4)29-6-5-7-30(14-29)35-39-32(37-17-23-8-24(18-37)10-25(9-23)19-37)16-33(40-35)38-20-26-11-27(21-38)13-28(12-26)22-38/h5-7,14-16,23-28H,8-13,17-22H2,1-4H3. The van der Waals surface area contributed by atoms with Gasteiger partial charge < -0.3 is 0 Å². The van der Waals surface area contributed by atoms with Crippen molar-refractivity contribution >= 4 is 0 Å². The first-order valence-corrected chi connectivity index (χ1v) is 17.2. The zero-order valence-electron chi connectivity index (χ0n) is 26.2. The Morgan fingerprint density at radius 1 is 0.643 bits per heavy atom. The van der Waals surface area contributed by atoms with E-state index in [1.54, 1.807) is 0 Å². The van der Waals surface area contributed by atoms with Crippen LogP contribution in [-0.2, 0) is 23.3 Å². The van der Waals surface area contributed by atoms with E-state index in [9.17, 15) is 0 Å². The van der Waals surface area contributed by atoms with Gasteiger partial charge >= 0.3 is 0 Å². The second kappa shape index (κ2) is 8.79. The molecule has 8 fully saturated rings. The highest BCUT2D eigenvalue weighted by Crippen LogP contribution is 2.63. The van der Waals surface area contributed by atoms with Crippen LogP contribution in [0.15, 0.2) is 36.4 Å². The summed E-state index contributed by atoms with van der Waals surface area (Å²) in [5.41, 5.74) is 8.07. The largest absolute Gasteiger partial charge is 0.272 e. The molecule has 8 aliphatic rings. The smallest absolute Gasteiger partial charge is 0.159 e. The van der Waals surface area contributed by atoms with Gasteiger partial charge in [-0.15, -0.1) is 0 Å². The van der Waals surface area contributed by atoms with Crippen LogP contribution in [0.5, 0.6) is 0 Å². The molecule has 4 nitrogen and oxygen atoms in total. The van der Waals surface area contributed by atoms with Crippen molar-refractivity contribution in [2.24, 2.45) is 42.6 Å². The van der Waals surface area contributed by atoms with Gasteiger partial charge in [0, 0.05) is 40.1 Å². The summed E-state index contributed by atoms with van der Waals surface area (Å²) in [4.78, 5) is 11.2. The number of benzene rings is 1. The summed E-state index contributed by atoms with van der Waals surface area (Å²) in [6.45, 7) is 6.79. The molecule has 42 heavy (non-hydrogen) atoms. The summed E-state index contributed by atoms with van der Waals surface area (Å²) in [7, 11) is 2.07. The van der Waals surface area contributed by atoms with E-state index in [-0.39, 0.29) is 16.2 Å². The number of hydrogen-bond acceptors (Lipinski definition) is 3. The summed E-state index contributed by atoms with van der Waals surface area (Å²) in [5.74, 6) is 6.49. The molecule has 220 valence electrons. The Balaban J connectivity index is 1.17. The van der Waals surface area contributed by atoms with Gasteiger partial charge in [0.05, 0.1) is 17.1 Å². The molecular formula is C38H48N4. The van der Waals surface area contributed by atoms with Crippen molar-refractivity contribution in [2.45, 2.75) is 114 Å². The first kappa shape index (κ1) is 26.0. The monoisotopic (exact) mass is 560 g/mol. The van der Waals surface area contributed by atoms with Gasteiger partial charge in [0.15, 0.2) is 5.82 Å². The van der Waals surface area contributed by atoms with Gasteiger partial charge in [-0.05, 0) is 131 Å². The molecule has 0 aliphatic heterocycles. The number of hydrogen-bond donors (Lipinski definition) is 0. The summed E-state index contributed by atoms with van der Waals surface area (Å²) < 4.78 is 2.05. The maximum absolute atomic E-state index is 5.58. The van der Waals surface area contributed by atoms with Crippen molar-refractivity contribution in [1.82, 2.24) is 19.7 Å². The Hall–Kier alpha value is -2.49. The molecule has 8 aliphatic carbocycles. The van der Waals surface area contributed by atoms with E-state index in [1.165, 1.54) is 99.7 Å². The molecule has 0 amide bonds. The van der Waals surface area contributed by atoms with Crippen LogP contribution in [0, 0.1) is 35.5 Å². The Morgan fingerprint density at radius 3 is 1.52 bits per heavy atom. The number of aromatic nitrogens is 4. The van der Waals surface area contributed by atoms with E-state index in [4.69, 9.17) is 15.1 Å². The van der Waals surface area contributed by atoms with Crippen molar-refractivity contribution in [3.8, 4) is 22.6 Å². The molecule has 0 saturated heterocycles. The molecule has 0 spiro atoms. The van der Waals surface area contributed by atoms with Crippen LogP contribution >= 0.6 is 0 Å². The first-order valence-electron chi connectivity index (χ1n) is 17.2. The molecular weight excluding hydrogens is 512 g/mol. The maximum Gasteiger partial charge on any atom is 0.159 e. The molecule has 1 aromatic carbocycles. The molecule has 4 heteroatoms. The van der Waals surface area contributed by atoms with Gasteiger partial charge in [0.1, 0.15) is 0 Å². The highest BCUT2D eigenvalue weighted by molar-refractivity contribution is 5.68. The third kappa shape index (κ3) is 4.02. The van der Waals surface area contributed by atoms with E-state index < -0.39 is 0 Å². The van der Waals surface area contributed by atoms with E-state index in [0.29, 0.717) is 0 Å². The van der Waals surface area contributed by atoms with Crippen LogP contribution < -0.4 is 0 Å². The third-order valence-electron chi connectivity index (χ3n) is 13.0. The molecule has 0 atom stereocenters. The lowest BCUT2D eigenvalue weighted by Crippen LogP contribution is -2.50. The van der Waals surface area contributed by atoms with Crippen LogP contribution in [0.25, 0.3) is 22.6 Å². The summed E-state index contributed by atoms with van der Waals surface area (Å²) in [6, 6.07) is 13.8. The second-order valence-corrected chi connectivity index (χ2v) is 17.2. The van der Waals surface area contributed by atoms with Gasteiger partial charge in [-0.25, -0.2) is 9.97 Å². The van der Waals surface area contributed by atoms with Crippen molar-refractivity contribution in [2.75, 3.05) is 0 Å². The zero-order chi connectivity index (χ0) is 28.4. The molecule has 2 heterocycles. The quantitative estimate of drug-likeness (QED) is 0.320. The minimum absolute atomic E-state index is 0.0552. The van der Waals surface area contributed by atoms with Crippen LogP contribution in [0.1, 0.15) is 115 Å². The predicted octanol–water partition coefficient (Wildman–Crippen LogP) is 8.78. The molecule has 0 N–H and O–H groups in total. The third-order valence-corrected chi connectivity index (χ3v) is 13.0. The normalized spacial score (nSPS) is 38.0. The number of rotatable bonds is 4. The van der Waals surface area contributed by atoms with Gasteiger partial charge in [-0.1, -0.05) is 39.0 Å². The average molecular weight is 561 g/mol. The van der Waals surface area contributed by atoms with E-state index >= 15 is 0 Å². The number of aryl methyl sites for hydroxylation is 1. The van der Waals surface area contributed by atoms with Crippen LogP contribution in [-0.4, -0.2) is 19.7 Å². The van der Waals surface area contributed by atoms with Crippen LogP contribution in [0.3, 0.4) is 0 Å². The molecule has 3 aromatic rings. The van der Waals surface area contributed by atoms with Crippen molar-refractivity contribution < 1.29 is 0 Å². The highest BCUT2D eigenvalue weighted by Gasteiger charge is 2.55. The molecule has 11 rings (SSSR count). The molecule has 2 aromatic heterocycles. The van der Waals surface area contributed by atoms with Crippen molar-refractivity contribution in [3.05, 3.63) is 53.5 Å². The molecule has 8 saturated carbocycles. The second-order valence-electron chi connectivity index (χ2n) is 17.2. The average Bonchev–Trinajstić information content (AvgIpc) is 3.34. The maximum atomic E-state index is 5.58. The molecule has 8 bridgehead atoms. The van der Waals surface area contributed by atoms with E-state index in [2.05, 4.69) is 68.9 Å². The van der Waals surface area contributed by atoms with E-state index in [1.807, 2.05) is 0 Å². The van der Waals surface area contributed by atoms with Crippen LogP contribution in [0.2, 0.25) is 0 Å². The number of nitrogens with zero attached hydrogens (tertiary/aromatic N) is 4. The molecule has 0 radical (unpaired) electrons. The minimum atomic E-state index is 0.0552. The van der Waals surface area contributed by atoms with E-state index in [0.717, 1.165) is 52.6 Å². The molecule has 0 unspecified atom stereocenters. The lowest BCUT2D eigenvalue weighted by Gasteiger charge is -2.58. The van der Waals surface area contributed by atoms with Crippen molar-refractivity contribution in [1.29, 1.82) is 0 Å². The van der Waals surface area contributed by atoms with Gasteiger partial charge in [-0.2, -0.15) is 5.10 Å². The first-order chi connectivity index (χ1) is 20.1. The Bertz CT molecular complexity index is 1420. The fourth-order valence-electron chi connectivity index (χ4n) is 12.1. The zero-order valence-corrected chi connectivity index (χ0v) is 26.2.